The van der Waals surface area contributed by atoms with Crippen LogP contribution in [0.25, 0.3) is 10.1 Å². The highest BCUT2D eigenvalue weighted by molar-refractivity contribution is 7.19. The average Bonchev–Trinajstić information content (AvgIpc) is 2.55. The average molecular weight is 192 g/mol. The standard InChI is InChI=1S/C11H12OS/c1-3-9-11(12-2)8-6-4-5-7-10(8)13-9/h4-7H,3H2,1-2H3. The number of rotatable bonds is 2. The fourth-order valence-electron chi connectivity index (χ4n) is 1.53. The zero-order chi connectivity index (χ0) is 9.26. The number of hydrogen-bond donors (Lipinski definition) is 0. The fraction of sp³-hybridized carbons (Fsp3) is 0.273. The molecule has 0 saturated carbocycles. The van der Waals surface area contributed by atoms with Crippen LogP contribution in [-0.4, -0.2) is 7.11 Å². The summed E-state index contributed by atoms with van der Waals surface area (Å²) in [6.07, 6.45) is 1.04. The second kappa shape index (κ2) is 3.38. The maximum absolute atomic E-state index is 5.40. The van der Waals surface area contributed by atoms with Crippen LogP contribution in [0.2, 0.25) is 0 Å². The Bertz CT molecular complexity index is 417. The molecule has 0 amide bonds. The van der Waals surface area contributed by atoms with E-state index in [1.54, 1.807) is 7.11 Å². The highest BCUT2D eigenvalue weighted by Crippen LogP contribution is 2.37. The maximum atomic E-state index is 5.40. The summed E-state index contributed by atoms with van der Waals surface area (Å²) in [6, 6.07) is 8.38. The number of fused-ring (bicyclic) bond motifs is 1. The van der Waals surface area contributed by atoms with Crippen molar-refractivity contribution < 1.29 is 4.74 Å². The van der Waals surface area contributed by atoms with Crippen molar-refractivity contribution in [1.82, 2.24) is 0 Å². The molecule has 0 saturated heterocycles. The molecule has 0 radical (unpaired) electrons. The molecule has 2 rings (SSSR count). The number of thiophene rings is 1. The molecule has 0 bridgehead atoms. The van der Waals surface area contributed by atoms with E-state index in [-0.39, 0.29) is 0 Å². The van der Waals surface area contributed by atoms with Gasteiger partial charge in [0.2, 0.25) is 0 Å². The van der Waals surface area contributed by atoms with Crippen LogP contribution in [0.15, 0.2) is 24.3 Å². The molecule has 1 heterocycles. The molecule has 0 N–H and O–H groups in total. The van der Waals surface area contributed by atoms with Gasteiger partial charge in [0.25, 0.3) is 0 Å². The van der Waals surface area contributed by atoms with Crippen molar-refractivity contribution in [1.29, 1.82) is 0 Å². The smallest absolute Gasteiger partial charge is 0.140 e. The first-order valence-electron chi connectivity index (χ1n) is 4.41. The first kappa shape index (κ1) is 8.57. The van der Waals surface area contributed by atoms with E-state index in [4.69, 9.17) is 4.74 Å². The molecule has 2 heteroatoms. The summed E-state index contributed by atoms with van der Waals surface area (Å²) in [4.78, 5) is 1.34. The molecule has 2 aromatic rings. The van der Waals surface area contributed by atoms with Crippen LogP contribution in [0.5, 0.6) is 5.75 Å². The lowest BCUT2D eigenvalue weighted by atomic mass is 10.2. The maximum Gasteiger partial charge on any atom is 0.140 e. The fourth-order valence-corrected chi connectivity index (χ4v) is 2.64. The Morgan fingerprint density at radius 1 is 1.31 bits per heavy atom. The Labute approximate surface area is 82.0 Å². The molecule has 68 valence electrons. The van der Waals surface area contributed by atoms with Gasteiger partial charge in [-0.3, -0.25) is 0 Å². The third-order valence-corrected chi connectivity index (χ3v) is 3.44. The summed E-state index contributed by atoms with van der Waals surface area (Å²) in [7, 11) is 1.74. The lowest BCUT2D eigenvalue weighted by Crippen LogP contribution is -1.84. The highest BCUT2D eigenvalue weighted by Gasteiger charge is 2.09. The topological polar surface area (TPSA) is 9.23 Å². The summed E-state index contributed by atoms with van der Waals surface area (Å²) in [5.41, 5.74) is 0. The van der Waals surface area contributed by atoms with Gasteiger partial charge in [0.05, 0.1) is 7.11 Å². The number of aryl methyl sites for hydroxylation is 1. The summed E-state index contributed by atoms with van der Waals surface area (Å²) >= 11 is 1.82. The van der Waals surface area contributed by atoms with Crippen LogP contribution in [0.4, 0.5) is 0 Å². The van der Waals surface area contributed by atoms with Crippen molar-refractivity contribution >= 4 is 21.4 Å². The van der Waals surface area contributed by atoms with Gasteiger partial charge in [-0.2, -0.15) is 0 Å². The summed E-state index contributed by atoms with van der Waals surface area (Å²) in [6.45, 7) is 2.16. The van der Waals surface area contributed by atoms with E-state index >= 15 is 0 Å². The van der Waals surface area contributed by atoms with Crippen molar-refractivity contribution in [3.63, 3.8) is 0 Å². The monoisotopic (exact) mass is 192 g/mol. The second-order valence-corrected chi connectivity index (χ2v) is 4.04. The second-order valence-electron chi connectivity index (χ2n) is 2.91. The van der Waals surface area contributed by atoms with Crippen LogP contribution >= 0.6 is 11.3 Å². The molecule has 0 spiro atoms. The lowest BCUT2D eigenvalue weighted by Gasteiger charge is -1.99. The van der Waals surface area contributed by atoms with Crippen molar-refractivity contribution in [2.24, 2.45) is 0 Å². The summed E-state index contributed by atoms with van der Waals surface area (Å²) in [5, 5.41) is 1.24. The van der Waals surface area contributed by atoms with Crippen molar-refractivity contribution in [3.05, 3.63) is 29.1 Å². The molecule has 1 aromatic carbocycles. The van der Waals surface area contributed by atoms with Crippen LogP contribution in [-0.2, 0) is 6.42 Å². The molecule has 0 fully saturated rings. The van der Waals surface area contributed by atoms with Gasteiger partial charge < -0.3 is 4.74 Å². The zero-order valence-electron chi connectivity index (χ0n) is 7.83. The minimum absolute atomic E-state index is 1.04. The summed E-state index contributed by atoms with van der Waals surface area (Å²) in [5.74, 6) is 1.06. The molecule has 0 aliphatic heterocycles. The molecule has 0 atom stereocenters. The van der Waals surface area contributed by atoms with Crippen molar-refractivity contribution in [2.45, 2.75) is 13.3 Å². The minimum Gasteiger partial charge on any atom is -0.495 e. The number of methoxy groups -OCH3 is 1. The molecule has 0 aliphatic carbocycles. The zero-order valence-corrected chi connectivity index (χ0v) is 8.65. The molecular weight excluding hydrogens is 180 g/mol. The van der Waals surface area contributed by atoms with Crippen LogP contribution < -0.4 is 4.74 Å². The van der Waals surface area contributed by atoms with Gasteiger partial charge in [-0.15, -0.1) is 11.3 Å². The Morgan fingerprint density at radius 3 is 2.77 bits per heavy atom. The normalized spacial score (nSPS) is 10.6. The third kappa shape index (κ3) is 1.31. The van der Waals surface area contributed by atoms with E-state index in [0.29, 0.717) is 0 Å². The van der Waals surface area contributed by atoms with E-state index in [0.717, 1.165) is 12.2 Å². The molecule has 13 heavy (non-hydrogen) atoms. The predicted octanol–water partition coefficient (Wildman–Crippen LogP) is 3.47. The van der Waals surface area contributed by atoms with Crippen LogP contribution in [0, 0.1) is 0 Å². The van der Waals surface area contributed by atoms with Gasteiger partial charge in [0.15, 0.2) is 0 Å². The SMILES string of the molecule is CCc1sc2ccccc2c1OC. The molecule has 0 unspecified atom stereocenters. The number of benzene rings is 1. The van der Waals surface area contributed by atoms with E-state index in [1.165, 1.54) is 15.0 Å². The Morgan fingerprint density at radius 2 is 2.08 bits per heavy atom. The molecule has 1 nitrogen and oxygen atoms in total. The van der Waals surface area contributed by atoms with E-state index in [1.807, 2.05) is 11.3 Å². The summed E-state index contributed by atoms with van der Waals surface area (Å²) < 4.78 is 6.72. The van der Waals surface area contributed by atoms with Gasteiger partial charge >= 0.3 is 0 Å². The minimum atomic E-state index is 1.04. The Kier molecular flexibility index (Phi) is 2.23. The molecular formula is C11H12OS. The van der Waals surface area contributed by atoms with Gasteiger partial charge in [0.1, 0.15) is 5.75 Å². The molecule has 1 aromatic heterocycles. The predicted molar refractivity (Wildman–Crippen MR) is 57.8 cm³/mol. The number of hydrogen-bond acceptors (Lipinski definition) is 2. The van der Waals surface area contributed by atoms with Crippen molar-refractivity contribution in [3.8, 4) is 5.75 Å². The van der Waals surface area contributed by atoms with E-state index in [2.05, 4.69) is 31.2 Å². The quantitative estimate of drug-likeness (QED) is 0.708. The van der Waals surface area contributed by atoms with Gasteiger partial charge in [0, 0.05) is 15.0 Å². The van der Waals surface area contributed by atoms with Crippen LogP contribution in [0.1, 0.15) is 11.8 Å². The first-order valence-corrected chi connectivity index (χ1v) is 5.23. The first-order chi connectivity index (χ1) is 6.36. The van der Waals surface area contributed by atoms with Crippen molar-refractivity contribution in [2.75, 3.05) is 7.11 Å². The largest absolute Gasteiger partial charge is 0.495 e. The van der Waals surface area contributed by atoms with E-state index in [9.17, 15) is 0 Å². The number of ether oxygens (including phenoxy) is 1. The van der Waals surface area contributed by atoms with Gasteiger partial charge in [-0.25, -0.2) is 0 Å². The molecule has 0 aliphatic rings. The highest BCUT2D eigenvalue weighted by atomic mass is 32.1. The lowest BCUT2D eigenvalue weighted by molar-refractivity contribution is 0.417. The third-order valence-electron chi connectivity index (χ3n) is 2.14. The van der Waals surface area contributed by atoms with Gasteiger partial charge in [-0.1, -0.05) is 19.1 Å². The van der Waals surface area contributed by atoms with Crippen LogP contribution in [0.3, 0.4) is 0 Å². The van der Waals surface area contributed by atoms with Gasteiger partial charge in [-0.05, 0) is 18.6 Å². The Hall–Kier alpha value is -1.02. The Balaban J connectivity index is 2.73. The van der Waals surface area contributed by atoms with E-state index < -0.39 is 0 Å².